The number of phenolic OH excluding ortho intramolecular Hbond substituents is 2. The smallest absolute Gasteiger partial charge is 0.305 e. The fourth-order valence-electron chi connectivity index (χ4n) is 1.65. The molecule has 0 saturated carbocycles. The van der Waals surface area contributed by atoms with Crippen molar-refractivity contribution >= 4 is 5.97 Å². The van der Waals surface area contributed by atoms with Crippen LogP contribution >= 0.6 is 0 Å². The summed E-state index contributed by atoms with van der Waals surface area (Å²) in [5.41, 5.74) is 0.632. The molecule has 1 aromatic carbocycles. The summed E-state index contributed by atoms with van der Waals surface area (Å²) in [6.07, 6.45) is 1.03. The number of aromatic hydroxyl groups is 2. The number of nitrogens with one attached hydrogen (secondary N) is 1. The maximum absolute atomic E-state index is 10.9. The van der Waals surface area contributed by atoms with Crippen molar-refractivity contribution in [2.45, 2.75) is 25.8 Å². The van der Waals surface area contributed by atoms with Gasteiger partial charge in [0.25, 0.3) is 0 Å². The number of hydrogen-bond acceptors (Lipinski definition) is 5. The van der Waals surface area contributed by atoms with Crippen molar-refractivity contribution in [2.75, 3.05) is 13.7 Å². The highest BCUT2D eigenvalue weighted by molar-refractivity contribution is 5.69. The van der Waals surface area contributed by atoms with E-state index in [0.717, 1.165) is 0 Å². The van der Waals surface area contributed by atoms with Gasteiger partial charge in [0.1, 0.15) is 11.5 Å². The topological polar surface area (TPSA) is 78.8 Å². The van der Waals surface area contributed by atoms with Crippen LogP contribution in [0.2, 0.25) is 0 Å². The highest BCUT2D eigenvalue weighted by atomic mass is 16.5. The zero-order valence-corrected chi connectivity index (χ0v) is 10.6. The fraction of sp³-hybridized carbons (Fsp3) is 0.462. The molecule has 0 aliphatic heterocycles. The van der Waals surface area contributed by atoms with Crippen LogP contribution in [-0.2, 0) is 9.53 Å². The molecule has 0 fully saturated rings. The Kier molecular flexibility index (Phi) is 5.45. The van der Waals surface area contributed by atoms with E-state index < -0.39 is 0 Å². The maximum Gasteiger partial charge on any atom is 0.305 e. The van der Waals surface area contributed by atoms with E-state index in [9.17, 15) is 15.0 Å². The number of ether oxygens (including phenoxy) is 1. The summed E-state index contributed by atoms with van der Waals surface area (Å²) in [5.74, 6) is 0.0245. The second-order valence-electron chi connectivity index (χ2n) is 4.10. The molecule has 0 aliphatic rings. The Morgan fingerprint density at radius 1 is 1.44 bits per heavy atom. The standard InChI is InChI=1S/C13H19NO4/c1-9(14-7-3-4-13(17)18-2)11-8-10(15)5-6-12(11)16/h5-6,8-9,14-16H,3-4,7H2,1-2H3. The van der Waals surface area contributed by atoms with Gasteiger partial charge in [-0.1, -0.05) is 0 Å². The van der Waals surface area contributed by atoms with Crippen molar-refractivity contribution in [3.05, 3.63) is 23.8 Å². The number of esters is 1. The summed E-state index contributed by atoms with van der Waals surface area (Å²) in [5, 5.41) is 22.2. The maximum atomic E-state index is 10.9. The number of benzene rings is 1. The number of carbonyl (C=O) groups excluding carboxylic acids is 1. The molecule has 1 aromatic rings. The van der Waals surface area contributed by atoms with Crippen LogP contribution in [0.25, 0.3) is 0 Å². The van der Waals surface area contributed by atoms with E-state index in [4.69, 9.17) is 0 Å². The minimum atomic E-state index is -0.232. The Bertz CT molecular complexity index is 406. The summed E-state index contributed by atoms with van der Waals surface area (Å²) in [4.78, 5) is 10.9. The molecule has 3 N–H and O–H groups in total. The molecule has 1 rings (SSSR count). The molecule has 18 heavy (non-hydrogen) atoms. The average Bonchev–Trinajstić information content (AvgIpc) is 2.36. The Hall–Kier alpha value is -1.75. The van der Waals surface area contributed by atoms with Crippen LogP contribution in [0.15, 0.2) is 18.2 Å². The first-order valence-corrected chi connectivity index (χ1v) is 5.86. The van der Waals surface area contributed by atoms with Crippen LogP contribution in [0.3, 0.4) is 0 Å². The normalized spacial score (nSPS) is 12.1. The van der Waals surface area contributed by atoms with Crippen molar-refractivity contribution < 1.29 is 19.7 Å². The lowest BCUT2D eigenvalue weighted by Gasteiger charge is -2.15. The zero-order chi connectivity index (χ0) is 13.5. The van der Waals surface area contributed by atoms with E-state index in [1.807, 2.05) is 6.92 Å². The van der Waals surface area contributed by atoms with Crippen LogP contribution in [0.1, 0.15) is 31.4 Å². The molecule has 0 aromatic heterocycles. The molecule has 0 amide bonds. The molecule has 5 heteroatoms. The van der Waals surface area contributed by atoms with E-state index in [1.165, 1.54) is 25.3 Å². The van der Waals surface area contributed by atoms with Gasteiger partial charge < -0.3 is 20.3 Å². The first-order valence-electron chi connectivity index (χ1n) is 5.86. The van der Waals surface area contributed by atoms with E-state index in [0.29, 0.717) is 24.9 Å². The van der Waals surface area contributed by atoms with Crippen LogP contribution in [0, 0.1) is 0 Å². The van der Waals surface area contributed by atoms with E-state index in [-0.39, 0.29) is 23.5 Å². The van der Waals surface area contributed by atoms with Gasteiger partial charge in [0.15, 0.2) is 0 Å². The lowest BCUT2D eigenvalue weighted by Crippen LogP contribution is -2.20. The fourth-order valence-corrected chi connectivity index (χ4v) is 1.65. The number of rotatable bonds is 6. The summed E-state index contributed by atoms with van der Waals surface area (Å²) in [7, 11) is 1.36. The molecular formula is C13H19NO4. The Balaban J connectivity index is 2.43. The molecular weight excluding hydrogens is 234 g/mol. The number of hydrogen-bond donors (Lipinski definition) is 3. The molecule has 1 unspecified atom stereocenters. The molecule has 0 radical (unpaired) electrons. The van der Waals surface area contributed by atoms with Crippen LogP contribution in [0.5, 0.6) is 11.5 Å². The van der Waals surface area contributed by atoms with Crippen LogP contribution in [-0.4, -0.2) is 29.8 Å². The summed E-state index contributed by atoms with van der Waals surface area (Å²) < 4.78 is 4.54. The van der Waals surface area contributed by atoms with E-state index in [2.05, 4.69) is 10.1 Å². The molecule has 0 aliphatic carbocycles. The van der Waals surface area contributed by atoms with Gasteiger partial charge in [0.2, 0.25) is 0 Å². The first-order chi connectivity index (χ1) is 8.54. The van der Waals surface area contributed by atoms with Crippen molar-refractivity contribution in [1.82, 2.24) is 5.32 Å². The molecule has 0 bridgehead atoms. The zero-order valence-electron chi connectivity index (χ0n) is 10.6. The van der Waals surface area contributed by atoms with Gasteiger partial charge in [0.05, 0.1) is 7.11 Å². The average molecular weight is 253 g/mol. The summed E-state index contributed by atoms with van der Waals surface area (Å²) in [6, 6.07) is 4.31. The highest BCUT2D eigenvalue weighted by Gasteiger charge is 2.10. The van der Waals surface area contributed by atoms with Gasteiger partial charge in [0, 0.05) is 18.0 Å². The number of carbonyl (C=O) groups is 1. The van der Waals surface area contributed by atoms with Gasteiger partial charge in [-0.05, 0) is 38.1 Å². The Morgan fingerprint density at radius 2 is 2.17 bits per heavy atom. The van der Waals surface area contributed by atoms with E-state index in [1.54, 1.807) is 0 Å². The molecule has 5 nitrogen and oxygen atoms in total. The molecule has 0 saturated heterocycles. The number of methoxy groups -OCH3 is 1. The van der Waals surface area contributed by atoms with Gasteiger partial charge in [-0.2, -0.15) is 0 Å². The van der Waals surface area contributed by atoms with Gasteiger partial charge in [-0.15, -0.1) is 0 Å². The van der Waals surface area contributed by atoms with Gasteiger partial charge in [-0.25, -0.2) is 0 Å². The lowest BCUT2D eigenvalue weighted by molar-refractivity contribution is -0.140. The quantitative estimate of drug-likeness (QED) is 0.408. The SMILES string of the molecule is COC(=O)CCCNC(C)c1cc(O)ccc1O. The van der Waals surface area contributed by atoms with E-state index >= 15 is 0 Å². The first kappa shape index (κ1) is 14.3. The van der Waals surface area contributed by atoms with Crippen LogP contribution in [0.4, 0.5) is 0 Å². The van der Waals surface area contributed by atoms with Crippen molar-refractivity contribution in [2.24, 2.45) is 0 Å². The Morgan fingerprint density at radius 3 is 2.83 bits per heavy atom. The largest absolute Gasteiger partial charge is 0.508 e. The summed E-state index contributed by atoms with van der Waals surface area (Å²) in [6.45, 7) is 2.51. The van der Waals surface area contributed by atoms with Gasteiger partial charge in [-0.3, -0.25) is 4.79 Å². The van der Waals surface area contributed by atoms with Crippen molar-refractivity contribution in [3.8, 4) is 11.5 Å². The Labute approximate surface area is 106 Å². The highest BCUT2D eigenvalue weighted by Crippen LogP contribution is 2.27. The minimum Gasteiger partial charge on any atom is -0.508 e. The predicted octanol–water partition coefficient (Wildman–Crippen LogP) is 1.70. The van der Waals surface area contributed by atoms with Crippen molar-refractivity contribution in [1.29, 1.82) is 0 Å². The van der Waals surface area contributed by atoms with Crippen molar-refractivity contribution in [3.63, 3.8) is 0 Å². The minimum absolute atomic E-state index is 0.102. The monoisotopic (exact) mass is 253 g/mol. The molecule has 0 heterocycles. The third-order valence-electron chi connectivity index (χ3n) is 2.71. The van der Waals surface area contributed by atoms with Gasteiger partial charge >= 0.3 is 5.97 Å². The third-order valence-corrected chi connectivity index (χ3v) is 2.71. The third kappa shape index (κ3) is 4.25. The second kappa shape index (κ2) is 6.86. The number of phenols is 2. The molecule has 1 atom stereocenters. The molecule has 0 spiro atoms. The lowest BCUT2D eigenvalue weighted by atomic mass is 10.1. The predicted molar refractivity (Wildman–Crippen MR) is 67.4 cm³/mol. The summed E-state index contributed by atoms with van der Waals surface area (Å²) >= 11 is 0. The molecule has 100 valence electrons. The second-order valence-corrected chi connectivity index (χ2v) is 4.10. The van der Waals surface area contributed by atoms with Crippen LogP contribution < -0.4 is 5.32 Å².